The van der Waals surface area contributed by atoms with E-state index in [4.69, 9.17) is 4.42 Å². The summed E-state index contributed by atoms with van der Waals surface area (Å²) < 4.78 is 5.53. The van der Waals surface area contributed by atoms with E-state index in [1.165, 1.54) is 0 Å². The van der Waals surface area contributed by atoms with Crippen LogP contribution in [0.2, 0.25) is 0 Å². The maximum atomic E-state index is 13.3. The van der Waals surface area contributed by atoms with Gasteiger partial charge in [0.05, 0.1) is 24.8 Å². The molecule has 0 aliphatic carbocycles. The first-order valence-electron chi connectivity index (χ1n) is 11.5. The van der Waals surface area contributed by atoms with Crippen LogP contribution in [-0.2, 0) is 9.59 Å². The van der Waals surface area contributed by atoms with Crippen LogP contribution < -0.4 is 5.32 Å². The fourth-order valence-electron chi connectivity index (χ4n) is 4.58. The van der Waals surface area contributed by atoms with E-state index < -0.39 is 0 Å². The number of nitrogens with one attached hydrogen (secondary N) is 1. The Hall–Kier alpha value is -2.45. The molecular formula is C24H32N4O3S. The smallest absolute Gasteiger partial charge is 0.257 e. The molecule has 3 unspecified atom stereocenters. The number of amides is 2. The largest absolute Gasteiger partial charge is 0.463 e. The maximum absolute atomic E-state index is 13.3. The molecule has 4 rings (SSSR count). The lowest BCUT2D eigenvalue weighted by Crippen LogP contribution is -2.48. The number of thiophene rings is 1. The second kappa shape index (κ2) is 10.4. The van der Waals surface area contributed by atoms with Gasteiger partial charge in [0.25, 0.3) is 5.91 Å². The van der Waals surface area contributed by atoms with Crippen molar-refractivity contribution in [2.75, 3.05) is 19.6 Å². The number of carbonyl (C=O) groups is 2. The topological polar surface area (TPSA) is 78.2 Å². The summed E-state index contributed by atoms with van der Waals surface area (Å²) in [6.45, 7) is 5.89. The van der Waals surface area contributed by atoms with Crippen LogP contribution in [0.1, 0.15) is 62.6 Å². The summed E-state index contributed by atoms with van der Waals surface area (Å²) in [5.74, 6) is 0.715. The number of furan rings is 1. The third-order valence-corrected chi connectivity index (χ3v) is 7.16. The molecule has 172 valence electrons. The second-order valence-electron chi connectivity index (χ2n) is 8.77. The van der Waals surface area contributed by atoms with Crippen LogP contribution in [0.15, 0.2) is 45.4 Å². The van der Waals surface area contributed by atoms with Gasteiger partial charge in [-0.2, -0.15) is 5.10 Å². The van der Waals surface area contributed by atoms with Crippen LogP contribution in [-0.4, -0.2) is 53.1 Å². The number of hydrogen-bond donors (Lipinski definition) is 1. The zero-order valence-electron chi connectivity index (χ0n) is 18.8. The number of rotatable bonds is 8. The summed E-state index contributed by atoms with van der Waals surface area (Å²) in [4.78, 5) is 29.2. The van der Waals surface area contributed by atoms with Crippen LogP contribution >= 0.6 is 11.3 Å². The minimum absolute atomic E-state index is 0.0367. The Morgan fingerprint density at radius 3 is 2.94 bits per heavy atom. The molecule has 2 aromatic rings. The van der Waals surface area contributed by atoms with E-state index in [-0.39, 0.29) is 36.4 Å². The van der Waals surface area contributed by atoms with Gasteiger partial charge in [-0.25, -0.2) is 5.01 Å². The number of nitrogens with zero attached hydrogens (tertiary/aromatic N) is 3. The van der Waals surface area contributed by atoms with Gasteiger partial charge in [-0.05, 0) is 56.3 Å². The van der Waals surface area contributed by atoms with Crippen molar-refractivity contribution in [3.8, 4) is 0 Å². The average molecular weight is 457 g/mol. The predicted molar refractivity (Wildman–Crippen MR) is 125 cm³/mol. The Bertz CT molecular complexity index is 925. The van der Waals surface area contributed by atoms with Gasteiger partial charge in [-0.3, -0.25) is 14.5 Å². The van der Waals surface area contributed by atoms with Gasteiger partial charge in [0, 0.05) is 23.9 Å². The molecule has 7 nitrogen and oxygen atoms in total. The van der Waals surface area contributed by atoms with Gasteiger partial charge in [0.15, 0.2) is 0 Å². The Balaban J connectivity index is 1.41. The zero-order valence-corrected chi connectivity index (χ0v) is 19.6. The van der Waals surface area contributed by atoms with Crippen LogP contribution in [0.25, 0.3) is 0 Å². The van der Waals surface area contributed by atoms with Crippen LogP contribution in [0.3, 0.4) is 0 Å². The summed E-state index contributed by atoms with van der Waals surface area (Å²) in [5.41, 5.74) is 0.794. The van der Waals surface area contributed by atoms with Gasteiger partial charge >= 0.3 is 0 Å². The number of carbonyl (C=O) groups excluding carboxylic acids is 2. The highest BCUT2D eigenvalue weighted by atomic mass is 32.1. The normalized spacial score (nSPS) is 22.6. The minimum Gasteiger partial charge on any atom is -0.463 e. The lowest BCUT2D eigenvalue weighted by Gasteiger charge is -2.33. The maximum Gasteiger partial charge on any atom is 0.257 e. The van der Waals surface area contributed by atoms with Gasteiger partial charge in [0.2, 0.25) is 5.91 Å². The zero-order chi connectivity index (χ0) is 22.5. The fourth-order valence-corrected chi connectivity index (χ4v) is 5.39. The quantitative estimate of drug-likeness (QED) is 0.650. The molecule has 2 aliphatic rings. The fraction of sp³-hybridized carbons (Fsp3) is 0.542. The molecule has 0 saturated carbocycles. The molecule has 1 N–H and O–H groups in total. The first-order chi connectivity index (χ1) is 15.5. The third-order valence-electron chi connectivity index (χ3n) is 6.19. The second-order valence-corrected chi connectivity index (χ2v) is 9.75. The third kappa shape index (κ3) is 5.30. The molecular weight excluding hydrogens is 424 g/mol. The molecule has 1 fully saturated rings. The van der Waals surface area contributed by atoms with E-state index in [2.05, 4.69) is 35.2 Å². The van der Waals surface area contributed by atoms with Crippen molar-refractivity contribution in [2.45, 2.75) is 58.0 Å². The lowest BCUT2D eigenvalue weighted by molar-refractivity contribution is -0.136. The summed E-state index contributed by atoms with van der Waals surface area (Å²) >= 11 is 1.64. The highest BCUT2D eigenvalue weighted by Gasteiger charge is 2.36. The van der Waals surface area contributed by atoms with Gasteiger partial charge in [0.1, 0.15) is 11.5 Å². The Labute approximate surface area is 193 Å². The summed E-state index contributed by atoms with van der Waals surface area (Å²) in [5, 5.41) is 11.4. The molecule has 32 heavy (non-hydrogen) atoms. The van der Waals surface area contributed by atoms with Crippen LogP contribution in [0, 0.1) is 5.92 Å². The van der Waals surface area contributed by atoms with Gasteiger partial charge < -0.3 is 9.73 Å². The molecule has 0 aromatic carbocycles. The summed E-state index contributed by atoms with van der Waals surface area (Å²) in [6.07, 6.45) is 6.09. The number of hydrazone groups is 1. The molecule has 1 saturated heterocycles. The number of hydrogen-bond acceptors (Lipinski definition) is 6. The van der Waals surface area contributed by atoms with Gasteiger partial charge in [-0.15, -0.1) is 11.3 Å². The van der Waals surface area contributed by atoms with E-state index in [1.54, 1.807) is 22.6 Å². The highest BCUT2D eigenvalue weighted by molar-refractivity contribution is 7.10. The summed E-state index contributed by atoms with van der Waals surface area (Å²) in [6, 6.07) is 7.85. The Morgan fingerprint density at radius 1 is 1.34 bits per heavy atom. The van der Waals surface area contributed by atoms with Gasteiger partial charge in [-0.1, -0.05) is 19.4 Å². The molecule has 0 radical (unpaired) electrons. The van der Waals surface area contributed by atoms with Crippen molar-refractivity contribution >= 4 is 28.9 Å². The predicted octanol–water partition coefficient (Wildman–Crippen LogP) is 4.04. The SMILES string of the molecule is CCCC(C)NC(=O)C1CCCN(CC(=O)N2N=C(c3ccco3)CC2c2cccs2)C1. The monoisotopic (exact) mass is 456 g/mol. The molecule has 3 atom stereocenters. The van der Waals surface area contributed by atoms with Crippen molar-refractivity contribution in [2.24, 2.45) is 11.0 Å². The molecule has 0 bridgehead atoms. The lowest BCUT2D eigenvalue weighted by atomic mass is 9.96. The molecule has 2 amide bonds. The Morgan fingerprint density at radius 2 is 2.22 bits per heavy atom. The van der Waals surface area contributed by atoms with Crippen molar-refractivity contribution in [1.29, 1.82) is 0 Å². The van der Waals surface area contributed by atoms with E-state index in [1.807, 2.05) is 23.6 Å². The Kier molecular flexibility index (Phi) is 7.42. The van der Waals surface area contributed by atoms with Crippen LogP contribution in [0.5, 0.6) is 0 Å². The first-order valence-corrected chi connectivity index (χ1v) is 12.4. The van der Waals surface area contributed by atoms with Crippen molar-refractivity contribution < 1.29 is 14.0 Å². The minimum atomic E-state index is -0.110. The van der Waals surface area contributed by atoms with E-state index in [9.17, 15) is 9.59 Å². The molecule has 4 heterocycles. The summed E-state index contributed by atoms with van der Waals surface area (Å²) in [7, 11) is 0. The van der Waals surface area contributed by atoms with Crippen molar-refractivity contribution in [3.63, 3.8) is 0 Å². The molecule has 8 heteroatoms. The number of likely N-dealkylation sites (tertiary alicyclic amines) is 1. The van der Waals surface area contributed by atoms with Crippen molar-refractivity contribution in [1.82, 2.24) is 15.2 Å². The number of piperidine rings is 1. The first kappa shape index (κ1) is 22.7. The average Bonchev–Trinajstić information content (AvgIpc) is 3.55. The standard InChI is InChI=1S/C24H32N4O3S/c1-3-7-17(2)25-24(30)18-8-4-11-27(15-18)16-23(29)28-20(22-10-6-13-32-22)14-19(26-28)21-9-5-12-31-21/h5-6,9-10,12-13,17-18,20H,3-4,7-8,11,14-16H2,1-2H3,(H,25,30). The molecule has 0 spiro atoms. The van der Waals surface area contributed by atoms with E-state index >= 15 is 0 Å². The van der Waals surface area contributed by atoms with E-state index in [0.717, 1.165) is 42.8 Å². The molecule has 2 aliphatic heterocycles. The van der Waals surface area contributed by atoms with E-state index in [0.29, 0.717) is 18.7 Å². The van der Waals surface area contributed by atoms with Crippen molar-refractivity contribution in [3.05, 3.63) is 46.5 Å². The molecule has 2 aromatic heterocycles. The van der Waals surface area contributed by atoms with Crippen LogP contribution in [0.4, 0.5) is 0 Å². The highest BCUT2D eigenvalue weighted by Crippen LogP contribution is 2.35.